The second-order valence-corrected chi connectivity index (χ2v) is 7.11. The highest BCUT2D eigenvalue weighted by Gasteiger charge is 2.45. The van der Waals surface area contributed by atoms with E-state index in [1.807, 2.05) is 28.0 Å². The Labute approximate surface area is 150 Å². The molecule has 1 saturated heterocycles. The second kappa shape index (κ2) is 8.37. The zero-order valence-corrected chi connectivity index (χ0v) is 15.1. The molecule has 1 aromatic rings. The first-order valence-corrected chi connectivity index (χ1v) is 9.57. The number of unbranched alkanes of at least 4 members (excludes halogenated alkanes) is 1. The topological polar surface area (TPSA) is 52.7 Å². The Kier molecular flexibility index (Phi) is 5.95. The molecule has 25 heavy (non-hydrogen) atoms. The number of hydrogen-bond acceptors (Lipinski definition) is 2. The van der Waals surface area contributed by atoms with E-state index in [1.54, 1.807) is 0 Å². The third-order valence-corrected chi connectivity index (χ3v) is 5.24. The molecule has 0 spiro atoms. The lowest BCUT2D eigenvalue weighted by atomic mass is 10.1. The van der Waals surface area contributed by atoms with Crippen molar-refractivity contribution in [2.24, 2.45) is 5.92 Å². The van der Waals surface area contributed by atoms with E-state index < -0.39 is 0 Å². The molecule has 5 nitrogen and oxygen atoms in total. The Morgan fingerprint density at radius 3 is 2.56 bits per heavy atom. The van der Waals surface area contributed by atoms with Crippen molar-refractivity contribution in [3.05, 3.63) is 35.9 Å². The van der Waals surface area contributed by atoms with Gasteiger partial charge in [0, 0.05) is 38.6 Å². The number of hydrogen-bond donors (Lipinski definition) is 1. The van der Waals surface area contributed by atoms with Crippen molar-refractivity contribution in [3.8, 4) is 0 Å². The van der Waals surface area contributed by atoms with Crippen LogP contribution in [0.25, 0.3) is 0 Å². The molecule has 1 heterocycles. The number of benzene rings is 1. The maximum Gasteiger partial charge on any atom is 0.317 e. The molecule has 3 rings (SSSR count). The van der Waals surface area contributed by atoms with Crippen LogP contribution in [0.4, 0.5) is 4.79 Å². The van der Waals surface area contributed by atoms with Crippen molar-refractivity contribution in [2.45, 2.75) is 38.5 Å². The molecule has 1 aliphatic heterocycles. The summed E-state index contributed by atoms with van der Waals surface area (Å²) in [4.78, 5) is 28.8. The minimum Gasteiger partial charge on any atom is -0.341 e. The Balaban J connectivity index is 1.48. The highest BCUT2D eigenvalue weighted by molar-refractivity contribution is 5.83. The summed E-state index contributed by atoms with van der Waals surface area (Å²) in [6.45, 7) is 5.62. The first-order chi connectivity index (χ1) is 12.2. The Hall–Kier alpha value is -2.04. The van der Waals surface area contributed by atoms with Crippen LogP contribution in [-0.2, 0) is 4.79 Å². The van der Waals surface area contributed by atoms with Crippen LogP contribution in [0.2, 0.25) is 0 Å². The summed E-state index contributed by atoms with van der Waals surface area (Å²) in [6, 6.07) is 10.3. The maximum absolute atomic E-state index is 12.8. The van der Waals surface area contributed by atoms with Crippen LogP contribution in [-0.4, -0.2) is 54.5 Å². The third kappa shape index (κ3) is 4.53. The SMILES string of the molecule is CCCCNC(=O)N1CCCN(C(=O)[C@@H]2C[C@H]2c2ccccc2)CC1. The Morgan fingerprint density at radius 2 is 1.80 bits per heavy atom. The first-order valence-electron chi connectivity index (χ1n) is 9.57. The van der Waals surface area contributed by atoms with E-state index in [-0.39, 0.29) is 17.9 Å². The van der Waals surface area contributed by atoms with Crippen LogP contribution >= 0.6 is 0 Å². The predicted molar refractivity (Wildman–Crippen MR) is 98.4 cm³/mol. The molecule has 1 saturated carbocycles. The number of carbonyl (C=O) groups excluding carboxylic acids is 2. The van der Waals surface area contributed by atoms with Gasteiger partial charge in [-0.3, -0.25) is 4.79 Å². The fourth-order valence-corrected chi connectivity index (χ4v) is 3.60. The van der Waals surface area contributed by atoms with Gasteiger partial charge in [0.2, 0.25) is 5.91 Å². The van der Waals surface area contributed by atoms with Gasteiger partial charge < -0.3 is 15.1 Å². The highest BCUT2D eigenvalue weighted by atomic mass is 16.2. The largest absolute Gasteiger partial charge is 0.341 e. The van der Waals surface area contributed by atoms with E-state index in [0.717, 1.165) is 45.3 Å². The van der Waals surface area contributed by atoms with Crippen molar-refractivity contribution in [1.29, 1.82) is 0 Å². The molecule has 0 aromatic heterocycles. The lowest BCUT2D eigenvalue weighted by Crippen LogP contribution is -2.43. The fraction of sp³-hybridized carbons (Fsp3) is 0.600. The zero-order valence-electron chi connectivity index (χ0n) is 15.1. The average Bonchev–Trinajstić information content (AvgIpc) is 3.45. The number of carbonyl (C=O) groups is 2. The van der Waals surface area contributed by atoms with Gasteiger partial charge in [-0.2, -0.15) is 0 Å². The quantitative estimate of drug-likeness (QED) is 0.836. The molecular weight excluding hydrogens is 314 g/mol. The Bertz CT molecular complexity index is 590. The Morgan fingerprint density at radius 1 is 1.08 bits per heavy atom. The second-order valence-electron chi connectivity index (χ2n) is 7.11. The van der Waals surface area contributed by atoms with Gasteiger partial charge >= 0.3 is 6.03 Å². The average molecular weight is 343 g/mol. The van der Waals surface area contributed by atoms with E-state index in [2.05, 4.69) is 24.4 Å². The summed E-state index contributed by atoms with van der Waals surface area (Å²) in [7, 11) is 0. The zero-order chi connectivity index (χ0) is 17.6. The monoisotopic (exact) mass is 343 g/mol. The molecule has 2 aliphatic rings. The minimum atomic E-state index is 0.0105. The van der Waals surface area contributed by atoms with Gasteiger partial charge in [-0.25, -0.2) is 4.79 Å². The summed E-state index contributed by atoms with van der Waals surface area (Å²) in [5.74, 6) is 0.778. The normalized spacial score (nSPS) is 23.1. The minimum absolute atomic E-state index is 0.0105. The number of rotatable bonds is 5. The smallest absolute Gasteiger partial charge is 0.317 e. The fourth-order valence-electron chi connectivity index (χ4n) is 3.60. The number of urea groups is 1. The molecule has 1 aromatic carbocycles. The van der Waals surface area contributed by atoms with Gasteiger partial charge in [0.25, 0.3) is 0 Å². The van der Waals surface area contributed by atoms with E-state index in [1.165, 1.54) is 5.56 Å². The van der Waals surface area contributed by atoms with Crippen LogP contribution in [0.3, 0.4) is 0 Å². The molecular formula is C20H29N3O2. The summed E-state index contributed by atoms with van der Waals surface area (Å²) >= 11 is 0. The van der Waals surface area contributed by atoms with Gasteiger partial charge in [-0.05, 0) is 30.7 Å². The number of nitrogens with zero attached hydrogens (tertiary/aromatic N) is 2. The molecule has 0 radical (unpaired) electrons. The van der Waals surface area contributed by atoms with E-state index in [9.17, 15) is 9.59 Å². The van der Waals surface area contributed by atoms with Gasteiger partial charge in [-0.1, -0.05) is 43.7 Å². The molecule has 2 fully saturated rings. The van der Waals surface area contributed by atoms with E-state index in [0.29, 0.717) is 19.0 Å². The summed E-state index contributed by atoms with van der Waals surface area (Å²) in [5.41, 5.74) is 1.27. The van der Waals surface area contributed by atoms with Crippen LogP contribution in [0.5, 0.6) is 0 Å². The molecule has 0 unspecified atom stereocenters. The number of amides is 3. The van der Waals surface area contributed by atoms with Crippen LogP contribution in [0.1, 0.15) is 44.1 Å². The van der Waals surface area contributed by atoms with Gasteiger partial charge in [0.05, 0.1) is 0 Å². The number of nitrogens with one attached hydrogen (secondary N) is 1. The molecule has 5 heteroatoms. The van der Waals surface area contributed by atoms with Gasteiger partial charge in [0.15, 0.2) is 0 Å². The highest BCUT2D eigenvalue weighted by Crippen LogP contribution is 2.48. The van der Waals surface area contributed by atoms with Crippen LogP contribution < -0.4 is 5.32 Å². The molecule has 3 amide bonds. The molecule has 0 bridgehead atoms. The van der Waals surface area contributed by atoms with Crippen molar-refractivity contribution in [2.75, 3.05) is 32.7 Å². The van der Waals surface area contributed by atoms with Crippen molar-refractivity contribution in [1.82, 2.24) is 15.1 Å². The van der Waals surface area contributed by atoms with Crippen molar-refractivity contribution < 1.29 is 9.59 Å². The van der Waals surface area contributed by atoms with Crippen LogP contribution in [0.15, 0.2) is 30.3 Å². The van der Waals surface area contributed by atoms with E-state index in [4.69, 9.17) is 0 Å². The molecule has 2 atom stereocenters. The van der Waals surface area contributed by atoms with Crippen LogP contribution in [0, 0.1) is 5.92 Å². The van der Waals surface area contributed by atoms with Crippen molar-refractivity contribution >= 4 is 11.9 Å². The lowest BCUT2D eigenvalue weighted by molar-refractivity contribution is -0.132. The summed E-state index contributed by atoms with van der Waals surface area (Å²) in [6.07, 6.45) is 3.90. The van der Waals surface area contributed by atoms with Gasteiger partial charge in [0.1, 0.15) is 0 Å². The van der Waals surface area contributed by atoms with Gasteiger partial charge in [-0.15, -0.1) is 0 Å². The summed E-state index contributed by atoms with van der Waals surface area (Å²) in [5, 5.41) is 2.97. The standard InChI is InChI=1S/C20H29N3O2/c1-2-3-10-21-20(25)23-12-7-11-22(13-14-23)19(24)18-15-17(18)16-8-5-4-6-9-16/h4-6,8-9,17-18H,2-3,7,10-15H2,1H3,(H,21,25)/t17-,18+/m0/s1. The predicted octanol–water partition coefficient (Wildman–Crippen LogP) is 2.83. The van der Waals surface area contributed by atoms with E-state index >= 15 is 0 Å². The third-order valence-electron chi connectivity index (χ3n) is 5.24. The molecule has 1 N–H and O–H groups in total. The molecule has 136 valence electrons. The van der Waals surface area contributed by atoms with Crippen molar-refractivity contribution in [3.63, 3.8) is 0 Å². The maximum atomic E-state index is 12.8. The molecule has 1 aliphatic carbocycles. The first kappa shape index (κ1) is 17.8. The lowest BCUT2D eigenvalue weighted by Gasteiger charge is -2.22. The summed E-state index contributed by atoms with van der Waals surface area (Å²) < 4.78 is 0.